The Morgan fingerprint density at radius 2 is 1.67 bits per heavy atom. The molecule has 0 spiro atoms. The summed E-state index contributed by atoms with van der Waals surface area (Å²) in [6.45, 7) is 4.48. The Hall–Kier alpha value is -1.59. The Labute approximate surface area is 149 Å². The molecule has 0 bridgehead atoms. The van der Waals surface area contributed by atoms with Crippen molar-refractivity contribution in [2.75, 3.05) is 39.3 Å². The standard InChI is InChI=1S/C18H25N3O2.ClH/c22-17(8-7-15-5-2-1-3-6-15)20-9-4-10-21(12-11-20)18(23)16-13-19-14-16;/h1-3,5-6,16,19H,4,7-14H2;1H. The van der Waals surface area contributed by atoms with Gasteiger partial charge in [0.05, 0.1) is 5.92 Å². The number of carbonyl (C=O) groups is 2. The summed E-state index contributed by atoms with van der Waals surface area (Å²) in [7, 11) is 0. The highest BCUT2D eigenvalue weighted by molar-refractivity contribution is 5.85. The molecule has 2 heterocycles. The van der Waals surface area contributed by atoms with Crippen LogP contribution in [0.3, 0.4) is 0 Å². The molecule has 0 aliphatic carbocycles. The molecule has 2 aliphatic heterocycles. The van der Waals surface area contributed by atoms with Gasteiger partial charge in [-0.15, -0.1) is 12.4 Å². The molecule has 0 unspecified atom stereocenters. The molecule has 2 fully saturated rings. The average molecular weight is 352 g/mol. The summed E-state index contributed by atoms with van der Waals surface area (Å²) in [4.78, 5) is 28.6. The fraction of sp³-hybridized carbons (Fsp3) is 0.556. The van der Waals surface area contributed by atoms with Crippen LogP contribution in [-0.2, 0) is 16.0 Å². The van der Waals surface area contributed by atoms with E-state index in [9.17, 15) is 9.59 Å². The van der Waals surface area contributed by atoms with Crippen molar-refractivity contribution in [3.05, 3.63) is 35.9 Å². The van der Waals surface area contributed by atoms with Crippen LogP contribution in [0.4, 0.5) is 0 Å². The van der Waals surface area contributed by atoms with Crippen molar-refractivity contribution in [1.82, 2.24) is 15.1 Å². The van der Waals surface area contributed by atoms with Crippen molar-refractivity contribution in [1.29, 1.82) is 0 Å². The zero-order valence-corrected chi connectivity index (χ0v) is 14.8. The minimum atomic E-state index is 0. The highest BCUT2D eigenvalue weighted by atomic mass is 35.5. The third kappa shape index (κ3) is 4.71. The molecule has 0 aromatic heterocycles. The molecule has 24 heavy (non-hydrogen) atoms. The molecule has 1 N–H and O–H groups in total. The van der Waals surface area contributed by atoms with Gasteiger partial charge in [-0.3, -0.25) is 9.59 Å². The second-order valence-corrected chi connectivity index (χ2v) is 6.40. The van der Waals surface area contributed by atoms with Gasteiger partial charge in [-0.25, -0.2) is 0 Å². The highest BCUT2D eigenvalue weighted by Crippen LogP contribution is 2.13. The van der Waals surface area contributed by atoms with Gasteiger partial charge in [0, 0.05) is 45.7 Å². The Bertz CT molecular complexity index is 548. The minimum Gasteiger partial charge on any atom is -0.341 e. The van der Waals surface area contributed by atoms with Gasteiger partial charge in [-0.1, -0.05) is 30.3 Å². The zero-order chi connectivity index (χ0) is 16.1. The van der Waals surface area contributed by atoms with Gasteiger partial charge >= 0.3 is 0 Å². The van der Waals surface area contributed by atoms with Crippen LogP contribution in [0.2, 0.25) is 0 Å². The van der Waals surface area contributed by atoms with Gasteiger partial charge in [0.2, 0.25) is 11.8 Å². The van der Waals surface area contributed by atoms with Crippen molar-refractivity contribution < 1.29 is 9.59 Å². The molecule has 0 radical (unpaired) electrons. The van der Waals surface area contributed by atoms with Crippen LogP contribution >= 0.6 is 12.4 Å². The SMILES string of the molecule is Cl.O=C(CCc1ccccc1)N1CCCN(C(=O)C2CNC2)CC1. The van der Waals surface area contributed by atoms with Crippen LogP contribution in [0.5, 0.6) is 0 Å². The van der Waals surface area contributed by atoms with Crippen molar-refractivity contribution in [3.63, 3.8) is 0 Å². The van der Waals surface area contributed by atoms with Crippen molar-refractivity contribution >= 4 is 24.2 Å². The average Bonchev–Trinajstić information content (AvgIpc) is 2.78. The van der Waals surface area contributed by atoms with E-state index in [0.29, 0.717) is 19.5 Å². The minimum absolute atomic E-state index is 0. The van der Waals surface area contributed by atoms with Crippen LogP contribution in [0.1, 0.15) is 18.4 Å². The number of benzene rings is 1. The fourth-order valence-corrected chi connectivity index (χ4v) is 3.16. The lowest BCUT2D eigenvalue weighted by Gasteiger charge is -2.31. The summed E-state index contributed by atoms with van der Waals surface area (Å²) in [5.74, 6) is 0.603. The topological polar surface area (TPSA) is 52.7 Å². The summed E-state index contributed by atoms with van der Waals surface area (Å²) in [5, 5.41) is 3.14. The normalized spacial score (nSPS) is 18.3. The molecule has 2 saturated heterocycles. The number of amides is 2. The second kappa shape index (κ2) is 9.04. The molecule has 0 atom stereocenters. The first-order valence-corrected chi connectivity index (χ1v) is 8.55. The summed E-state index contributed by atoms with van der Waals surface area (Å²) < 4.78 is 0. The summed E-state index contributed by atoms with van der Waals surface area (Å²) >= 11 is 0. The molecular weight excluding hydrogens is 326 g/mol. The zero-order valence-electron chi connectivity index (χ0n) is 13.9. The summed E-state index contributed by atoms with van der Waals surface area (Å²) in [6.07, 6.45) is 2.21. The quantitative estimate of drug-likeness (QED) is 0.890. The number of carbonyl (C=O) groups excluding carboxylic acids is 2. The third-order valence-electron chi connectivity index (χ3n) is 4.76. The molecule has 1 aromatic carbocycles. The van der Waals surface area contributed by atoms with E-state index in [4.69, 9.17) is 0 Å². The summed E-state index contributed by atoms with van der Waals surface area (Å²) in [6, 6.07) is 10.1. The number of rotatable bonds is 4. The molecule has 1 aromatic rings. The van der Waals surface area contributed by atoms with Crippen LogP contribution in [0.25, 0.3) is 0 Å². The number of hydrogen-bond acceptors (Lipinski definition) is 3. The monoisotopic (exact) mass is 351 g/mol. The number of aryl methyl sites for hydroxylation is 1. The number of nitrogens with one attached hydrogen (secondary N) is 1. The lowest BCUT2D eigenvalue weighted by atomic mass is 10.0. The van der Waals surface area contributed by atoms with E-state index in [0.717, 1.165) is 39.0 Å². The Kier molecular flexibility index (Phi) is 7.06. The lowest BCUT2D eigenvalue weighted by Crippen LogP contribution is -2.52. The van der Waals surface area contributed by atoms with E-state index >= 15 is 0 Å². The van der Waals surface area contributed by atoms with E-state index in [1.807, 2.05) is 28.0 Å². The van der Waals surface area contributed by atoms with Crippen LogP contribution in [0, 0.1) is 5.92 Å². The molecule has 6 heteroatoms. The lowest BCUT2D eigenvalue weighted by molar-refractivity contribution is -0.137. The smallest absolute Gasteiger partial charge is 0.228 e. The fourth-order valence-electron chi connectivity index (χ4n) is 3.16. The van der Waals surface area contributed by atoms with E-state index < -0.39 is 0 Å². The second-order valence-electron chi connectivity index (χ2n) is 6.40. The van der Waals surface area contributed by atoms with E-state index in [-0.39, 0.29) is 30.1 Å². The largest absolute Gasteiger partial charge is 0.341 e. The van der Waals surface area contributed by atoms with E-state index in [1.54, 1.807) is 0 Å². The molecule has 2 amide bonds. The van der Waals surface area contributed by atoms with Gasteiger partial charge in [-0.2, -0.15) is 0 Å². The van der Waals surface area contributed by atoms with Gasteiger partial charge in [0.25, 0.3) is 0 Å². The van der Waals surface area contributed by atoms with Crippen molar-refractivity contribution in [2.45, 2.75) is 19.3 Å². The van der Waals surface area contributed by atoms with Gasteiger partial charge in [-0.05, 0) is 18.4 Å². The molecule has 2 aliphatic rings. The Balaban J connectivity index is 0.00000208. The van der Waals surface area contributed by atoms with Crippen molar-refractivity contribution in [2.24, 2.45) is 5.92 Å². The first kappa shape index (κ1) is 18.7. The van der Waals surface area contributed by atoms with Gasteiger partial charge < -0.3 is 15.1 Å². The summed E-state index contributed by atoms with van der Waals surface area (Å²) in [5.41, 5.74) is 1.20. The first-order valence-electron chi connectivity index (χ1n) is 8.55. The predicted octanol–water partition coefficient (Wildman–Crippen LogP) is 1.32. The van der Waals surface area contributed by atoms with Gasteiger partial charge in [0.15, 0.2) is 0 Å². The first-order chi connectivity index (χ1) is 11.2. The van der Waals surface area contributed by atoms with Crippen LogP contribution < -0.4 is 5.32 Å². The van der Waals surface area contributed by atoms with E-state index in [2.05, 4.69) is 17.4 Å². The number of nitrogens with zero attached hydrogens (tertiary/aromatic N) is 2. The molecular formula is C18H26ClN3O2. The van der Waals surface area contributed by atoms with Crippen LogP contribution in [0.15, 0.2) is 30.3 Å². The molecule has 0 saturated carbocycles. The molecule has 5 nitrogen and oxygen atoms in total. The van der Waals surface area contributed by atoms with Crippen molar-refractivity contribution in [3.8, 4) is 0 Å². The third-order valence-corrected chi connectivity index (χ3v) is 4.76. The number of halogens is 1. The maximum atomic E-state index is 12.4. The highest BCUT2D eigenvalue weighted by Gasteiger charge is 2.30. The Morgan fingerprint density at radius 1 is 1.00 bits per heavy atom. The van der Waals surface area contributed by atoms with Crippen LogP contribution in [-0.4, -0.2) is 60.9 Å². The number of hydrogen-bond donors (Lipinski definition) is 1. The molecule has 132 valence electrons. The maximum Gasteiger partial charge on any atom is 0.228 e. The van der Waals surface area contributed by atoms with Gasteiger partial charge in [0.1, 0.15) is 0 Å². The predicted molar refractivity (Wildman–Crippen MR) is 96.1 cm³/mol. The molecule has 3 rings (SSSR count). The van der Waals surface area contributed by atoms with E-state index in [1.165, 1.54) is 5.56 Å². The maximum absolute atomic E-state index is 12.4. The Morgan fingerprint density at radius 3 is 2.33 bits per heavy atom.